The Morgan fingerprint density at radius 2 is 2.35 bits per heavy atom. The van der Waals surface area contributed by atoms with Gasteiger partial charge in [-0.1, -0.05) is 6.92 Å². The summed E-state index contributed by atoms with van der Waals surface area (Å²) >= 11 is 1.06. The first kappa shape index (κ1) is 14.0. The molecule has 6 heteroatoms. The van der Waals surface area contributed by atoms with Gasteiger partial charge in [-0.2, -0.15) is 5.26 Å². The fourth-order valence-corrected chi connectivity index (χ4v) is 2.28. The molecule has 1 aromatic heterocycles. The smallest absolute Gasteiger partial charge is 0.365 e. The molecule has 1 aromatic carbocycles. The number of aromatic carboxylic acids is 1. The number of hydrogen-bond donors (Lipinski definition) is 1. The summed E-state index contributed by atoms with van der Waals surface area (Å²) in [5.74, 6) is -0.517. The van der Waals surface area contributed by atoms with Crippen molar-refractivity contribution in [3.05, 3.63) is 34.2 Å². The molecule has 0 unspecified atom stereocenters. The minimum atomic E-state index is -1.05. The minimum absolute atomic E-state index is 0.0322. The van der Waals surface area contributed by atoms with Crippen LogP contribution in [0.1, 0.15) is 28.7 Å². The van der Waals surface area contributed by atoms with E-state index < -0.39 is 5.97 Å². The van der Waals surface area contributed by atoms with Crippen LogP contribution >= 0.6 is 11.3 Å². The summed E-state index contributed by atoms with van der Waals surface area (Å²) in [6.45, 7) is 2.54. The van der Waals surface area contributed by atoms with Crippen LogP contribution in [-0.4, -0.2) is 22.7 Å². The van der Waals surface area contributed by atoms with Crippen LogP contribution in [-0.2, 0) is 0 Å². The molecule has 0 saturated carbocycles. The molecule has 0 bridgehead atoms. The second-order valence-electron chi connectivity index (χ2n) is 4.01. The fraction of sp³-hybridized carbons (Fsp3) is 0.214. The SMILES string of the molecule is CCCOc1ccc(-c2csc(C(=O)O)n2)cc1C#N. The van der Waals surface area contributed by atoms with Crippen LogP contribution in [0.5, 0.6) is 5.75 Å². The molecule has 2 rings (SSSR count). The number of rotatable bonds is 5. The molecule has 0 radical (unpaired) electrons. The normalized spacial score (nSPS) is 10.0. The van der Waals surface area contributed by atoms with E-state index in [1.807, 2.05) is 6.92 Å². The number of benzene rings is 1. The van der Waals surface area contributed by atoms with E-state index in [2.05, 4.69) is 11.1 Å². The second-order valence-corrected chi connectivity index (χ2v) is 4.87. The lowest BCUT2D eigenvalue weighted by Gasteiger charge is -2.07. The van der Waals surface area contributed by atoms with Crippen molar-refractivity contribution in [1.29, 1.82) is 5.26 Å². The van der Waals surface area contributed by atoms with E-state index in [9.17, 15) is 4.79 Å². The molecule has 0 aliphatic rings. The van der Waals surface area contributed by atoms with Crippen molar-refractivity contribution < 1.29 is 14.6 Å². The molecule has 0 amide bonds. The van der Waals surface area contributed by atoms with Crippen molar-refractivity contribution in [3.63, 3.8) is 0 Å². The molecule has 20 heavy (non-hydrogen) atoms. The summed E-state index contributed by atoms with van der Waals surface area (Å²) in [5.41, 5.74) is 1.67. The van der Waals surface area contributed by atoms with Gasteiger partial charge < -0.3 is 9.84 Å². The highest BCUT2D eigenvalue weighted by molar-refractivity contribution is 7.11. The van der Waals surface area contributed by atoms with Gasteiger partial charge in [0.15, 0.2) is 0 Å². The van der Waals surface area contributed by atoms with Crippen molar-refractivity contribution in [3.8, 4) is 23.1 Å². The van der Waals surface area contributed by atoms with Crippen LogP contribution in [0, 0.1) is 11.3 Å². The van der Waals surface area contributed by atoms with Crippen molar-refractivity contribution >= 4 is 17.3 Å². The third-order valence-electron chi connectivity index (χ3n) is 2.54. The van der Waals surface area contributed by atoms with Crippen LogP contribution in [0.15, 0.2) is 23.6 Å². The Bertz CT molecular complexity index is 673. The average Bonchev–Trinajstić information content (AvgIpc) is 2.95. The van der Waals surface area contributed by atoms with E-state index >= 15 is 0 Å². The van der Waals surface area contributed by atoms with Crippen molar-refractivity contribution in [2.45, 2.75) is 13.3 Å². The van der Waals surface area contributed by atoms with Crippen LogP contribution in [0.3, 0.4) is 0 Å². The van der Waals surface area contributed by atoms with Crippen LogP contribution in [0.2, 0.25) is 0 Å². The monoisotopic (exact) mass is 288 g/mol. The summed E-state index contributed by atoms with van der Waals surface area (Å²) in [6.07, 6.45) is 0.862. The molecule has 1 heterocycles. The number of carbonyl (C=O) groups is 1. The van der Waals surface area contributed by atoms with E-state index in [0.717, 1.165) is 17.8 Å². The molecular formula is C14H12N2O3S. The summed E-state index contributed by atoms with van der Waals surface area (Å²) in [6, 6.07) is 7.22. The number of nitriles is 1. The predicted molar refractivity (Wildman–Crippen MR) is 75.0 cm³/mol. The van der Waals surface area contributed by atoms with Crippen LogP contribution in [0.25, 0.3) is 11.3 Å². The number of carboxylic acids is 1. The van der Waals surface area contributed by atoms with Gasteiger partial charge in [0, 0.05) is 10.9 Å². The van der Waals surface area contributed by atoms with Gasteiger partial charge >= 0.3 is 5.97 Å². The number of aromatic nitrogens is 1. The van der Waals surface area contributed by atoms with E-state index in [-0.39, 0.29) is 5.01 Å². The predicted octanol–water partition coefficient (Wildman–Crippen LogP) is 3.17. The van der Waals surface area contributed by atoms with Crippen molar-refractivity contribution in [2.24, 2.45) is 0 Å². The lowest BCUT2D eigenvalue weighted by molar-refractivity contribution is 0.0696. The largest absolute Gasteiger partial charge is 0.492 e. The van der Waals surface area contributed by atoms with E-state index in [1.54, 1.807) is 23.6 Å². The zero-order valence-corrected chi connectivity index (χ0v) is 11.6. The summed E-state index contributed by atoms with van der Waals surface area (Å²) in [5, 5.41) is 19.7. The zero-order chi connectivity index (χ0) is 14.5. The molecule has 0 atom stereocenters. The standard InChI is InChI=1S/C14H12N2O3S/c1-2-5-19-12-4-3-9(6-10(12)7-15)11-8-20-13(16-11)14(17)18/h3-4,6,8H,2,5H2,1H3,(H,17,18). The Balaban J connectivity index is 2.33. The molecule has 0 fully saturated rings. The maximum atomic E-state index is 10.8. The lowest BCUT2D eigenvalue weighted by atomic mass is 10.1. The molecule has 0 spiro atoms. The summed E-state index contributed by atoms with van der Waals surface area (Å²) in [7, 11) is 0. The van der Waals surface area contributed by atoms with Crippen molar-refractivity contribution in [2.75, 3.05) is 6.61 Å². The molecule has 0 aliphatic heterocycles. The first-order chi connectivity index (χ1) is 9.65. The average molecular weight is 288 g/mol. The number of ether oxygens (including phenoxy) is 1. The summed E-state index contributed by atoms with van der Waals surface area (Å²) < 4.78 is 5.48. The third-order valence-corrected chi connectivity index (χ3v) is 3.37. The van der Waals surface area contributed by atoms with Crippen LogP contribution < -0.4 is 4.74 Å². The highest BCUT2D eigenvalue weighted by atomic mass is 32.1. The lowest BCUT2D eigenvalue weighted by Crippen LogP contribution is -1.97. The van der Waals surface area contributed by atoms with Gasteiger partial charge in [0.25, 0.3) is 0 Å². The number of nitrogens with zero attached hydrogens (tertiary/aromatic N) is 2. The Morgan fingerprint density at radius 3 is 2.95 bits per heavy atom. The van der Waals surface area contributed by atoms with Gasteiger partial charge in [0.2, 0.25) is 5.01 Å². The van der Waals surface area contributed by atoms with E-state index in [1.165, 1.54) is 0 Å². The topological polar surface area (TPSA) is 83.2 Å². The Morgan fingerprint density at radius 1 is 1.55 bits per heavy atom. The first-order valence-corrected chi connectivity index (χ1v) is 6.89. The maximum absolute atomic E-state index is 10.8. The van der Waals surface area contributed by atoms with Gasteiger partial charge in [-0.3, -0.25) is 0 Å². The molecule has 5 nitrogen and oxygen atoms in total. The van der Waals surface area contributed by atoms with Gasteiger partial charge in [-0.15, -0.1) is 11.3 Å². The molecule has 1 N–H and O–H groups in total. The minimum Gasteiger partial charge on any atom is -0.492 e. The Labute approximate surface area is 120 Å². The highest BCUT2D eigenvalue weighted by Gasteiger charge is 2.12. The molecule has 0 saturated heterocycles. The molecule has 0 aliphatic carbocycles. The fourth-order valence-electron chi connectivity index (χ4n) is 1.62. The van der Waals surface area contributed by atoms with Gasteiger partial charge in [-0.05, 0) is 24.6 Å². The first-order valence-electron chi connectivity index (χ1n) is 6.01. The third kappa shape index (κ3) is 2.95. The zero-order valence-electron chi connectivity index (χ0n) is 10.8. The Hall–Kier alpha value is -2.39. The van der Waals surface area contributed by atoms with E-state index in [4.69, 9.17) is 15.1 Å². The van der Waals surface area contributed by atoms with Crippen molar-refractivity contribution in [1.82, 2.24) is 4.98 Å². The number of hydrogen-bond acceptors (Lipinski definition) is 5. The maximum Gasteiger partial charge on any atom is 0.365 e. The van der Waals surface area contributed by atoms with Gasteiger partial charge in [-0.25, -0.2) is 9.78 Å². The molecular weight excluding hydrogens is 276 g/mol. The number of carboxylic acid groups (broad SMARTS) is 1. The van der Waals surface area contributed by atoms with Gasteiger partial charge in [0.05, 0.1) is 17.9 Å². The van der Waals surface area contributed by atoms with Crippen LogP contribution in [0.4, 0.5) is 0 Å². The second kappa shape index (κ2) is 6.17. The summed E-state index contributed by atoms with van der Waals surface area (Å²) in [4.78, 5) is 14.8. The Kier molecular flexibility index (Phi) is 4.33. The quantitative estimate of drug-likeness (QED) is 0.913. The number of thiazole rings is 1. The molecule has 2 aromatic rings. The molecule has 102 valence electrons. The van der Waals surface area contributed by atoms with Gasteiger partial charge in [0.1, 0.15) is 11.8 Å². The highest BCUT2D eigenvalue weighted by Crippen LogP contribution is 2.27. The van der Waals surface area contributed by atoms with E-state index in [0.29, 0.717) is 29.2 Å².